The summed E-state index contributed by atoms with van der Waals surface area (Å²) in [6, 6.07) is 7.16. The van der Waals surface area contributed by atoms with E-state index in [1.165, 1.54) is 0 Å². The number of nitrogens with one attached hydrogen (secondary N) is 2. The van der Waals surface area contributed by atoms with Crippen molar-refractivity contribution in [1.29, 1.82) is 0 Å². The number of β-amino-alcohol motifs (C(OH)–C–C–N with tert-alkyl or cyclic N) is 1. The Morgan fingerprint density at radius 3 is 2.52 bits per heavy atom. The van der Waals surface area contributed by atoms with Gasteiger partial charge in [-0.1, -0.05) is 41.2 Å². The SMILES string of the molecule is C=C(NOc1ccc(-c2scnc2C)cc1)[C@@H]1C[C@@H](O)CN1C(=O)[C@@H](NC(C)C)C(C)(C)C. The van der Waals surface area contributed by atoms with Gasteiger partial charge in [-0.3, -0.25) is 4.79 Å². The van der Waals surface area contributed by atoms with Crippen molar-refractivity contribution in [1.82, 2.24) is 20.7 Å². The first-order chi connectivity index (χ1) is 15.5. The summed E-state index contributed by atoms with van der Waals surface area (Å²) in [5.74, 6) is 0.595. The van der Waals surface area contributed by atoms with Gasteiger partial charge in [0.1, 0.15) is 0 Å². The first-order valence-corrected chi connectivity index (χ1v) is 12.2. The average Bonchev–Trinajstić information content (AvgIpc) is 3.35. The number of aromatic nitrogens is 1. The van der Waals surface area contributed by atoms with Crippen LogP contribution in [-0.4, -0.2) is 51.7 Å². The molecule has 1 aliphatic heterocycles. The summed E-state index contributed by atoms with van der Waals surface area (Å²) in [6.07, 6.45) is -0.178. The van der Waals surface area contributed by atoms with E-state index in [9.17, 15) is 9.90 Å². The summed E-state index contributed by atoms with van der Waals surface area (Å²) in [6.45, 7) is 16.5. The number of likely N-dealkylation sites (tertiary alicyclic amines) is 1. The lowest BCUT2D eigenvalue weighted by atomic mass is 9.85. The number of rotatable bonds is 8. The van der Waals surface area contributed by atoms with Crippen LogP contribution in [0.25, 0.3) is 10.4 Å². The highest BCUT2D eigenvalue weighted by molar-refractivity contribution is 7.13. The van der Waals surface area contributed by atoms with Crippen LogP contribution in [0.2, 0.25) is 0 Å². The summed E-state index contributed by atoms with van der Waals surface area (Å²) < 4.78 is 0. The molecule has 1 fully saturated rings. The molecule has 1 saturated heterocycles. The number of aliphatic hydroxyl groups excluding tert-OH is 1. The Labute approximate surface area is 200 Å². The molecule has 0 unspecified atom stereocenters. The Morgan fingerprint density at radius 2 is 1.97 bits per heavy atom. The van der Waals surface area contributed by atoms with Crippen LogP contribution in [0, 0.1) is 12.3 Å². The molecule has 7 nitrogen and oxygen atoms in total. The minimum atomic E-state index is -0.598. The zero-order valence-electron chi connectivity index (χ0n) is 20.4. The molecule has 1 aromatic carbocycles. The molecule has 0 radical (unpaired) electrons. The van der Waals surface area contributed by atoms with E-state index in [-0.39, 0.29) is 36.0 Å². The number of hydroxylamine groups is 1. The van der Waals surface area contributed by atoms with E-state index in [0.29, 0.717) is 17.9 Å². The number of thiazole rings is 1. The standard InChI is InChI=1S/C25H36N4O3S/c1-15(2)27-23(25(5,6)7)24(31)29-13-19(30)12-21(29)16(3)28-32-20-10-8-18(9-11-20)22-17(4)26-14-33-22/h8-11,14-15,19,21,23,27-28,30H,3,12-13H2,1-2,4-7H3/t19-,21+,23-/m1/s1. The van der Waals surface area contributed by atoms with Gasteiger partial charge < -0.3 is 20.2 Å². The Kier molecular flexibility index (Phi) is 7.82. The van der Waals surface area contributed by atoms with Gasteiger partial charge in [0, 0.05) is 19.0 Å². The fourth-order valence-electron chi connectivity index (χ4n) is 4.02. The molecule has 1 aromatic heterocycles. The van der Waals surface area contributed by atoms with Crippen LogP contribution in [0.3, 0.4) is 0 Å². The minimum Gasteiger partial charge on any atom is -0.391 e. The Hall–Kier alpha value is -2.42. The highest BCUT2D eigenvalue weighted by atomic mass is 32.1. The van der Waals surface area contributed by atoms with Gasteiger partial charge in [0.05, 0.1) is 40.0 Å². The summed E-state index contributed by atoms with van der Waals surface area (Å²) in [5, 5.41) is 13.7. The summed E-state index contributed by atoms with van der Waals surface area (Å²) in [4.78, 5) is 26.4. The number of carbonyl (C=O) groups is 1. The Balaban J connectivity index is 1.66. The normalized spacial score (nSPS) is 19.6. The molecule has 3 N–H and O–H groups in total. The number of nitrogens with zero attached hydrogens (tertiary/aromatic N) is 2. The van der Waals surface area contributed by atoms with E-state index in [1.54, 1.807) is 16.2 Å². The molecule has 2 aromatic rings. The lowest BCUT2D eigenvalue weighted by molar-refractivity contribution is -0.137. The minimum absolute atomic E-state index is 0.0371. The molecule has 0 aliphatic carbocycles. The second-order valence-corrected chi connectivity index (χ2v) is 10.9. The van der Waals surface area contributed by atoms with Crippen LogP contribution >= 0.6 is 11.3 Å². The number of amides is 1. The van der Waals surface area contributed by atoms with Crippen LogP contribution < -0.4 is 15.6 Å². The third-order valence-electron chi connectivity index (χ3n) is 5.74. The summed E-state index contributed by atoms with van der Waals surface area (Å²) in [5.41, 5.74) is 7.10. The molecule has 3 rings (SSSR count). The second-order valence-electron chi connectivity index (χ2n) is 10.0. The maximum absolute atomic E-state index is 13.5. The predicted octanol–water partition coefficient (Wildman–Crippen LogP) is 3.89. The molecular formula is C25H36N4O3S. The van der Waals surface area contributed by atoms with Gasteiger partial charge in [0.15, 0.2) is 5.75 Å². The van der Waals surface area contributed by atoms with Gasteiger partial charge in [-0.05, 0) is 42.2 Å². The van der Waals surface area contributed by atoms with Crippen molar-refractivity contribution in [2.45, 2.75) is 72.2 Å². The molecule has 0 bridgehead atoms. The molecule has 2 heterocycles. The second kappa shape index (κ2) is 10.2. The lowest BCUT2D eigenvalue weighted by Crippen LogP contribution is -2.56. The molecule has 0 spiro atoms. The predicted molar refractivity (Wildman–Crippen MR) is 133 cm³/mol. The van der Waals surface area contributed by atoms with Crippen molar-refractivity contribution >= 4 is 17.2 Å². The van der Waals surface area contributed by atoms with Crippen LogP contribution in [0.4, 0.5) is 0 Å². The van der Waals surface area contributed by atoms with Crippen LogP contribution in [0.5, 0.6) is 5.75 Å². The average molecular weight is 473 g/mol. The van der Waals surface area contributed by atoms with Gasteiger partial charge in [-0.15, -0.1) is 11.3 Å². The molecule has 1 aliphatic rings. The van der Waals surface area contributed by atoms with Crippen LogP contribution in [0.1, 0.15) is 46.7 Å². The highest BCUT2D eigenvalue weighted by Crippen LogP contribution is 2.30. The number of hydrogen-bond acceptors (Lipinski definition) is 7. The Bertz CT molecular complexity index is 965. The van der Waals surface area contributed by atoms with E-state index in [2.05, 4.69) is 22.4 Å². The number of aliphatic hydroxyl groups is 1. The van der Waals surface area contributed by atoms with E-state index in [1.807, 2.05) is 71.3 Å². The van der Waals surface area contributed by atoms with Gasteiger partial charge in [-0.25, -0.2) is 10.5 Å². The summed E-state index contributed by atoms with van der Waals surface area (Å²) >= 11 is 1.61. The molecular weight excluding hydrogens is 436 g/mol. The zero-order valence-corrected chi connectivity index (χ0v) is 21.2. The van der Waals surface area contributed by atoms with E-state index >= 15 is 0 Å². The number of benzene rings is 1. The molecule has 1 amide bonds. The zero-order chi connectivity index (χ0) is 24.3. The quantitative estimate of drug-likeness (QED) is 0.506. The van der Waals surface area contributed by atoms with Crippen LogP contribution in [0.15, 0.2) is 42.1 Å². The van der Waals surface area contributed by atoms with Crippen molar-refractivity contribution in [3.63, 3.8) is 0 Å². The van der Waals surface area contributed by atoms with Gasteiger partial charge >= 0.3 is 0 Å². The van der Waals surface area contributed by atoms with E-state index in [4.69, 9.17) is 4.84 Å². The van der Waals surface area contributed by atoms with Gasteiger partial charge in [0.2, 0.25) is 5.91 Å². The van der Waals surface area contributed by atoms with Crippen LogP contribution in [-0.2, 0) is 4.79 Å². The number of hydrogen-bond donors (Lipinski definition) is 3. The maximum atomic E-state index is 13.5. The molecule has 3 atom stereocenters. The lowest BCUT2D eigenvalue weighted by Gasteiger charge is -2.37. The van der Waals surface area contributed by atoms with E-state index < -0.39 is 6.10 Å². The molecule has 0 saturated carbocycles. The number of aryl methyl sites for hydroxylation is 1. The van der Waals surface area contributed by atoms with Gasteiger partial charge in [0.25, 0.3) is 0 Å². The maximum Gasteiger partial charge on any atom is 0.240 e. The monoisotopic (exact) mass is 472 g/mol. The fourth-order valence-corrected chi connectivity index (χ4v) is 4.84. The van der Waals surface area contributed by atoms with Crippen molar-refractivity contribution in [3.8, 4) is 16.2 Å². The first-order valence-electron chi connectivity index (χ1n) is 11.3. The largest absolute Gasteiger partial charge is 0.391 e. The van der Waals surface area contributed by atoms with Crippen molar-refractivity contribution in [2.75, 3.05) is 6.54 Å². The smallest absolute Gasteiger partial charge is 0.240 e. The van der Waals surface area contributed by atoms with Crippen molar-refractivity contribution in [2.24, 2.45) is 5.41 Å². The fraction of sp³-hybridized carbons (Fsp3) is 0.520. The molecule has 8 heteroatoms. The Morgan fingerprint density at radius 1 is 1.30 bits per heavy atom. The number of carbonyl (C=O) groups excluding carboxylic acids is 1. The summed E-state index contributed by atoms with van der Waals surface area (Å²) in [7, 11) is 0. The van der Waals surface area contributed by atoms with Crippen molar-refractivity contribution in [3.05, 3.63) is 47.7 Å². The molecule has 33 heavy (non-hydrogen) atoms. The van der Waals surface area contributed by atoms with Crippen molar-refractivity contribution < 1.29 is 14.7 Å². The van der Waals surface area contributed by atoms with Gasteiger partial charge in [-0.2, -0.15) is 0 Å². The molecule has 180 valence electrons. The topological polar surface area (TPSA) is 86.7 Å². The third kappa shape index (κ3) is 6.13. The highest BCUT2D eigenvalue weighted by Gasteiger charge is 2.42. The third-order valence-corrected chi connectivity index (χ3v) is 6.72. The first kappa shape index (κ1) is 25.2. The van der Waals surface area contributed by atoms with E-state index in [0.717, 1.165) is 16.1 Å².